The standard InChI is InChI=1S/C30H38N2O7/c1-4-19(2)22(18-33)32-26-28(35)31(20-11-13-21(37-3)14-12-20)16-9-15-30(26)25(27(32)34)24-23(39-30)10-7-5-6-8-17-38-29(24)36/h7,9-15,19,22-26,33H,4-6,8,16-18H2,1-3H3/b10-7-/t19-,22-,23-,24+,25-,26?,30-/m0/s1. The zero-order valence-corrected chi connectivity index (χ0v) is 22.8. The van der Waals surface area contributed by atoms with Crippen LogP contribution < -0.4 is 9.64 Å². The highest BCUT2D eigenvalue weighted by Crippen LogP contribution is 2.54. The lowest BCUT2D eigenvalue weighted by molar-refractivity contribution is -0.155. The van der Waals surface area contributed by atoms with Crippen LogP contribution in [0.3, 0.4) is 0 Å². The quantitative estimate of drug-likeness (QED) is 0.439. The number of fused-ring (bicyclic) bond motifs is 2. The number of carbonyl (C=O) groups excluding carboxylic acids is 3. The maximum absolute atomic E-state index is 14.5. The number of esters is 1. The molecule has 4 heterocycles. The van der Waals surface area contributed by atoms with E-state index in [1.165, 1.54) is 4.90 Å². The number of amides is 2. The molecule has 0 bridgehead atoms. The summed E-state index contributed by atoms with van der Waals surface area (Å²) < 4.78 is 17.6. The maximum atomic E-state index is 14.5. The van der Waals surface area contributed by atoms with Crippen LogP contribution >= 0.6 is 0 Å². The molecular formula is C30H38N2O7. The van der Waals surface area contributed by atoms with Gasteiger partial charge in [0.2, 0.25) is 5.91 Å². The molecule has 1 N–H and O–H groups in total. The fourth-order valence-corrected chi connectivity index (χ4v) is 6.52. The van der Waals surface area contributed by atoms with Crippen LogP contribution in [0.5, 0.6) is 5.75 Å². The van der Waals surface area contributed by atoms with Crippen LogP contribution in [0.2, 0.25) is 0 Å². The van der Waals surface area contributed by atoms with Crippen molar-refractivity contribution >= 4 is 23.5 Å². The molecule has 0 radical (unpaired) electrons. The van der Waals surface area contributed by atoms with Gasteiger partial charge in [0, 0.05) is 12.2 Å². The lowest BCUT2D eigenvalue weighted by Crippen LogP contribution is -2.59. The van der Waals surface area contributed by atoms with Gasteiger partial charge in [-0.05, 0) is 49.4 Å². The van der Waals surface area contributed by atoms with Gasteiger partial charge in [-0.15, -0.1) is 0 Å². The van der Waals surface area contributed by atoms with E-state index in [1.54, 1.807) is 42.4 Å². The fraction of sp³-hybridized carbons (Fsp3) is 0.567. The normalized spacial score (nSPS) is 33.0. The van der Waals surface area contributed by atoms with E-state index in [1.807, 2.05) is 32.1 Å². The van der Waals surface area contributed by atoms with Gasteiger partial charge in [0.05, 0.1) is 38.4 Å². The van der Waals surface area contributed by atoms with Gasteiger partial charge in [0.15, 0.2) is 0 Å². The van der Waals surface area contributed by atoms with Gasteiger partial charge in [-0.1, -0.05) is 44.6 Å². The molecule has 4 aliphatic heterocycles. The predicted octanol–water partition coefficient (Wildman–Crippen LogP) is 2.87. The summed E-state index contributed by atoms with van der Waals surface area (Å²) in [5.74, 6) is -2.42. The Morgan fingerprint density at radius 1 is 1.13 bits per heavy atom. The summed E-state index contributed by atoms with van der Waals surface area (Å²) in [5, 5.41) is 10.5. The molecule has 2 fully saturated rings. The zero-order chi connectivity index (χ0) is 27.7. The van der Waals surface area contributed by atoms with Gasteiger partial charge in [-0.3, -0.25) is 14.4 Å². The Hall–Kier alpha value is -3.17. The van der Waals surface area contributed by atoms with Crippen molar-refractivity contribution in [2.45, 2.75) is 63.3 Å². The first-order valence-corrected chi connectivity index (χ1v) is 13.9. The van der Waals surface area contributed by atoms with E-state index in [2.05, 4.69) is 0 Å². The van der Waals surface area contributed by atoms with Crippen molar-refractivity contribution in [3.05, 3.63) is 48.6 Å². The van der Waals surface area contributed by atoms with Crippen molar-refractivity contribution in [3.8, 4) is 5.75 Å². The number of anilines is 1. The third kappa shape index (κ3) is 4.55. The van der Waals surface area contributed by atoms with E-state index in [9.17, 15) is 19.5 Å². The Kier molecular flexibility index (Phi) is 7.82. The monoisotopic (exact) mass is 538 g/mol. The van der Waals surface area contributed by atoms with Gasteiger partial charge < -0.3 is 29.1 Å². The number of ether oxygens (including phenoxy) is 3. The molecule has 7 atom stereocenters. The molecule has 5 rings (SSSR count). The lowest BCUT2D eigenvalue weighted by atomic mass is 9.78. The van der Waals surface area contributed by atoms with Crippen molar-refractivity contribution in [2.24, 2.45) is 17.8 Å². The van der Waals surface area contributed by atoms with E-state index in [4.69, 9.17) is 14.2 Å². The van der Waals surface area contributed by atoms with Crippen LogP contribution in [-0.2, 0) is 23.9 Å². The molecule has 1 aromatic rings. The number of benzene rings is 1. The third-order valence-corrected chi connectivity index (χ3v) is 8.77. The number of cyclic esters (lactones) is 1. The highest BCUT2D eigenvalue weighted by molar-refractivity contribution is 6.05. The van der Waals surface area contributed by atoms with Gasteiger partial charge >= 0.3 is 5.97 Å². The van der Waals surface area contributed by atoms with Crippen LogP contribution in [0.1, 0.15) is 39.5 Å². The predicted molar refractivity (Wildman–Crippen MR) is 144 cm³/mol. The summed E-state index contributed by atoms with van der Waals surface area (Å²) in [6, 6.07) is 5.50. The summed E-state index contributed by atoms with van der Waals surface area (Å²) in [4.78, 5) is 45.5. The lowest BCUT2D eigenvalue weighted by Gasteiger charge is -2.40. The summed E-state index contributed by atoms with van der Waals surface area (Å²) in [7, 11) is 1.58. The number of hydrogen-bond acceptors (Lipinski definition) is 7. The first kappa shape index (κ1) is 27.4. The minimum atomic E-state index is -1.37. The fourth-order valence-electron chi connectivity index (χ4n) is 6.52. The van der Waals surface area contributed by atoms with Crippen LogP contribution in [0.4, 0.5) is 5.69 Å². The van der Waals surface area contributed by atoms with Gasteiger partial charge in [0.1, 0.15) is 23.3 Å². The van der Waals surface area contributed by atoms with Crippen molar-refractivity contribution in [3.63, 3.8) is 0 Å². The molecule has 4 aliphatic rings. The van der Waals surface area contributed by atoms with Crippen LogP contribution in [0.15, 0.2) is 48.6 Å². The summed E-state index contributed by atoms with van der Waals surface area (Å²) in [6.45, 7) is 4.18. The number of carbonyl (C=O) groups is 3. The molecule has 0 aliphatic carbocycles. The highest BCUT2D eigenvalue weighted by Gasteiger charge is 2.72. The number of allylic oxidation sites excluding steroid dienone is 1. The van der Waals surface area contributed by atoms with E-state index >= 15 is 0 Å². The van der Waals surface area contributed by atoms with Gasteiger partial charge in [-0.25, -0.2) is 0 Å². The van der Waals surface area contributed by atoms with Crippen molar-refractivity contribution in [2.75, 3.05) is 31.8 Å². The molecule has 0 aromatic heterocycles. The van der Waals surface area contributed by atoms with Crippen LogP contribution in [0, 0.1) is 17.8 Å². The number of likely N-dealkylation sites (tertiary alicyclic amines) is 1. The Balaban J connectivity index is 1.63. The number of rotatable bonds is 6. The highest BCUT2D eigenvalue weighted by atomic mass is 16.6. The van der Waals surface area contributed by atoms with Crippen molar-refractivity contribution in [1.29, 1.82) is 0 Å². The molecule has 2 saturated heterocycles. The molecule has 1 unspecified atom stereocenters. The SMILES string of the molecule is CC[C@H](C)[C@H](CO)N1C(=O)[C@@H]2[C@@H]3C(=O)OCCCC/C=C\[C@@H]3O[C@@]23C=CCN(c2ccc(OC)cc2)C(=O)C13. The molecule has 210 valence electrons. The molecule has 9 nitrogen and oxygen atoms in total. The van der Waals surface area contributed by atoms with E-state index in [-0.39, 0.29) is 37.5 Å². The van der Waals surface area contributed by atoms with Crippen molar-refractivity contribution < 1.29 is 33.7 Å². The molecule has 39 heavy (non-hydrogen) atoms. The zero-order valence-electron chi connectivity index (χ0n) is 22.8. The van der Waals surface area contributed by atoms with Gasteiger partial charge in [-0.2, -0.15) is 0 Å². The summed E-state index contributed by atoms with van der Waals surface area (Å²) in [5.41, 5.74) is -0.720. The number of nitrogens with zero attached hydrogens (tertiary/aromatic N) is 2. The largest absolute Gasteiger partial charge is 0.497 e. The molecule has 2 amide bonds. The van der Waals surface area contributed by atoms with Crippen molar-refractivity contribution in [1.82, 2.24) is 4.90 Å². The summed E-state index contributed by atoms with van der Waals surface area (Å²) >= 11 is 0. The van der Waals surface area contributed by atoms with Gasteiger partial charge in [0.25, 0.3) is 5.91 Å². The first-order chi connectivity index (χ1) is 18.9. The number of methoxy groups -OCH3 is 1. The second-order valence-electron chi connectivity index (χ2n) is 10.9. The summed E-state index contributed by atoms with van der Waals surface area (Å²) in [6.07, 6.45) is 9.92. The average molecular weight is 539 g/mol. The Morgan fingerprint density at radius 3 is 2.59 bits per heavy atom. The minimum Gasteiger partial charge on any atom is -0.497 e. The second-order valence-corrected chi connectivity index (χ2v) is 10.9. The number of aliphatic hydroxyl groups is 1. The van der Waals surface area contributed by atoms with E-state index < -0.39 is 41.6 Å². The average Bonchev–Trinajstić information content (AvgIpc) is 3.34. The smallest absolute Gasteiger partial charge is 0.312 e. The molecule has 0 saturated carbocycles. The molecular weight excluding hydrogens is 500 g/mol. The first-order valence-electron chi connectivity index (χ1n) is 13.9. The minimum absolute atomic E-state index is 0.0871. The second kappa shape index (κ2) is 11.1. The molecule has 9 heteroatoms. The Bertz CT molecular complexity index is 1150. The molecule has 1 aromatic carbocycles. The van der Waals surface area contributed by atoms with E-state index in [0.717, 1.165) is 19.3 Å². The van der Waals surface area contributed by atoms with E-state index in [0.29, 0.717) is 17.9 Å². The number of hydrogen-bond donors (Lipinski definition) is 1. The number of aliphatic hydroxyl groups excluding tert-OH is 1. The topological polar surface area (TPSA) is 106 Å². The Morgan fingerprint density at radius 2 is 1.90 bits per heavy atom. The maximum Gasteiger partial charge on any atom is 0.312 e. The third-order valence-electron chi connectivity index (χ3n) is 8.77. The van der Waals surface area contributed by atoms with Crippen LogP contribution in [-0.4, -0.2) is 78.4 Å². The van der Waals surface area contributed by atoms with Crippen LogP contribution in [0.25, 0.3) is 0 Å². The molecule has 1 spiro atoms. The Labute approximate surface area is 229 Å².